The molecule has 8 nitrogen and oxygen atoms in total. The largest absolute Gasteiger partial charge is 0.351 e. The molecule has 150 valence electrons. The molecule has 1 N–H and O–H groups in total. The third kappa shape index (κ3) is 5.24. The lowest BCUT2D eigenvalue weighted by Gasteiger charge is -2.33. The number of benzene rings is 2. The van der Waals surface area contributed by atoms with Gasteiger partial charge in [-0.25, -0.2) is 0 Å². The fourth-order valence-corrected chi connectivity index (χ4v) is 3.44. The Morgan fingerprint density at radius 1 is 0.897 bits per heavy atom. The number of para-hydroxylation sites is 1. The molecule has 0 radical (unpaired) electrons. The van der Waals surface area contributed by atoms with Gasteiger partial charge in [0.05, 0.1) is 18.8 Å². The van der Waals surface area contributed by atoms with E-state index in [1.54, 1.807) is 4.68 Å². The summed E-state index contributed by atoms with van der Waals surface area (Å²) in [5.41, 5.74) is 2.07. The number of nitrogens with one attached hydrogen (secondary N) is 1. The van der Waals surface area contributed by atoms with E-state index in [0.29, 0.717) is 19.6 Å². The molecule has 1 aliphatic heterocycles. The van der Waals surface area contributed by atoms with Crippen LogP contribution in [0.5, 0.6) is 0 Å². The predicted molar refractivity (Wildman–Crippen MR) is 109 cm³/mol. The van der Waals surface area contributed by atoms with Crippen molar-refractivity contribution in [3.05, 3.63) is 72.1 Å². The molecule has 0 spiro atoms. The number of amides is 1. The Kier molecular flexibility index (Phi) is 6.23. The van der Waals surface area contributed by atoms with Gasteiger partial charge in [0, 0.05) is 32.7 Å². The summed E-state index contributed by atoms with van der Waals surface area (Å²) in [7, 11) is 0. The second-order valence-electron chi connectivity index (χ2n) is 7.16. The Balaban J connectivity index is 1.23. The van der Waals surface area contributed by atoms with Gasteiger partial charge in [0.1, 0.15) is 0 Å². The van der Waals surface area contributed by atoms with E-state index in [1.807, 2.05) is 60.7 Å². The minimum Gasteiger partial charge on any atom is -0.351 e. The van der Waals surface area contributed by atoms with Crippen molar-refractivity contribution in [2.45, 2.75) is 13.1 Å². The summed E-state index contributed by atoms with van der Waals surface area (Å²) in [5, 5.41) is 15.1. The van der Waals surface area contributed by atoms with Crippen molar-refractivity contribution in [3.8, 4) is 5.69 Å². The average Bonchev–Trinajstić information content (AvgIpc) is 3.23. The number of hydrogen-bond donors (Lipinski definition) is 1. The molecular formula is C21H25N7O. The van der Waals surface area contributed by atoms with Crippen molar-refractivity contribution < 1.29 is 4.79 Å². The van der Waals surface area contributed by atoms with Gasteiger partial charge in [-0.2, -0.15) is 4.68 Å². The van der Waals surface area contributed by atoms with Gasteiger partial charge < -0.3 is 5.32 Å². The topological polar surface area (TPSA) is 79.2 Å². The van der Waals surface area contributed by atoms with Crippen LogP contribution in [0.25, 0.3) is 5.69 Å². The Morgan fingerprint density at radius 3 is 2.28 bits per heavy atom. The first-order chi connectivity index (χ1) is 14.3. The Bertz CT molecular complexity index is 905. The second-order valence-corrected chi connectivity index (χ2v) is 7.16. The number of piperazine rings is 1. The molecular weight excluding hydrogens is 366 g/mol. The number of aromatic nitrogens is 4. The normalized spacial score (nSPS) is 15.3. The van der Waals surface area contributed by atoms with Crippen LogP contribution in [-0.2, 0) is 17.9 Å². The Morgan fingerprint density at radius 2 is 1.55 bits per heavy atom. The van der Waals surface area contributed by atoms with Crippen LogP contribution >= 0.6 is 0 Å². The number of hydrogen-bond acceptors (Lipinski definition) is 6. The van der Waals surface area contributed by atoms with Crippen LogP contribution in [-0.4, -0.2) is 68.6 Å². The molecule has 1 amide bonds. The monoisotopic (exact) mass is 391 g/mol. The van der Waals surface area contributed by atoms with Gasteiger partial charge in [-0.15, -0.1) is 5.10 Å². The molecule has 1 aromatic heterocycles. The van der Waals surface area contributed by atoms with Crippen molar-refractivity contribution in [3.63, 3.8) is 0 Å². The standard InChI is InChI=1S/C21H25N7O/c29-21(22-15-18-7-3-1-4-8-18)17-27-13-11-26(12-14-27)16-20-23-24-25-28(20)19-9-5-2-6-10-19/h1-10H,11-17H2,(H,22,29). The van der Waals surface area contributed by atoms with Crippen LogP contribution in [0.3, 0.4) is 0 Å². The molecule has 0 unspecified atom stereocenters. The summed E-state index contributed by atoms with van der Waals surface area (Å²) in [5.74, 6) is 0.889. The predicted octanol–water partition coefficient (Wildman–Crippen LogP) is 1.10. The van der Waals surface area contributed by atoms with Crippen molar-refractivity contribution >= 4 is 5.91 Å². The SMILES string of the molecule is O=C(CN1CCN(Cc2nnnn2-c2ccccc2)CC1)NCc1ccccc1. The second kappa shape index (κ2) is 9.40. The highest BCUT2D eigenvalue weighted by atomic mass is 16.2. The Hall–Kier alpha value is -3.10. The average molecular weight is 391 g/mol. The fourth-order valence-electron chi connectivity index (χ4n) is 3.44. The molecule has 1 aliphatic rings. The minimum absolute atomic E-state index is 0.0651. The molecule has 29 heavy (non-hydrogen) atoms. The van der Waals surface area contributed by atoms with Gasteiger partial charge in [-0.1, -0.05) is 48.5 Å². The molecule has 0 atom stereocenters. The third-order valence-corrected chi connectivity index (χ3v) is 5.06. The molecule has 2 heterocycles. The summed E-state index contributed by atoms with van der Waals surface area (Å²) in [6, 6.07) is 19.9. The summed E-state index contributed by atoms with van der Waals surface area (Å²) < 4.78 is 1.78. The highest BCUT2D eigenvalue weighted by molar-refractivity contribution is 5.78. The van der Waals surface area contributed by atoms with Gasteiger partial charge in [0.15, 0.2) is 5.82 Å². The Labute approximate surface area is 170 Å². The maximum atomic E-state index is 12.2. The maximum Gasteiger partial charge on any atom is 0.234 e. The van der Waals surface area contributed by atoms with E-state index in [1.165, 1.54) is 0 Å². The van der Waals surface area contributed by atoms with E-state index in [0.717, 1.165) is 43.3 Å². The molecule has 4 rings (SSSR count). The first kappa shape index (κ1) is 19.2. The first-order valence-electron chi connectivity index (χ1n) is 9.86. The van der Waals surface area contributed by atoms with E-state index in [4.69, 9.17) is 0 Å². The van der Waals surface area contributed by atoms with Crippen LogP contribution < -0.4 is 5.32 Å². The molecule has 0 bridgehead atoms. The molecule has 0 saturated carbocycles. The zero-order valence-electron chi connectivity index (χ0n) is 16.3. The molecule has 3 aromatic rings. The molecule has 0 aliphatic carbocycles. The maximum absolute atomic E-state index is 12.2. The lowest BCUT2D eigenvalue weighted by atomic mass is 10.2. The van der Waals surface area contributed by atoms with Crippen molar-refractivity contribution in [2.24, 2.45) is 0 Å². The number of nitrogens with zero attached hydrogens (tertiary/aromatic N) is 6. The molecule has 8 heteroatoms. The summed E-state index contributed by atoms with van der Waals surface area (Å²) in [4.78, 5) is 16.7. The van der Waals surface area contributed by atoms with Crippen LogP contribution in [0.15, 0.2) is 60.7 Å². The number of carbonyl (C=O) groups excluding carboxylic acids is 1. The zero-order valence-corrected chi connectivity index (χ0v) is 16.3. The fraction of sp³-hybridized carbons (Fsp3) is 0.333. The lowest BCUT2D eigenvalue weighted by Crippen LogP contribution is -2.49. The van der Waals surface area contributed by atoms with Gasteiger partial charge in [0.25, 0.3) is 0 Å². The quantitative estimate of drug-likeness (QED) is 0.650. The van der Waals surface area contributed by atoms with Crippen LogP contribution in [0, 0.1) is 0 Å². The van der Waals surface area contributed by atoms with Gasteiger partial charge in [-0.05, 0) is 28.1 Å². The van der Waals surface area contributed by atoms with Crippen LogP contribution in [0.2, 0.25) is 0 Å². The lowest BCUT2D eigenvalue weighted by molar-refractivity contribution is -0.122. The van der Waals surface area contributed by atoms with Crippen LogP contribution in [0.1, 0.15) is 11.4 Å². The molecule has 1 fully saturated rings. The summed E-state index contributed by atoms with van der Waals surface area (Å²) in [6.07, 6.45) is 0. The highest BCUT2D eigenvalue weighted by Gasteiger charge is 2.21. The molecule has 2 aromatic carbocycles. The molecule has 1 saturated heterocycles. The van der Waals surface area contributed by atoms with E-state index >= 15 is 0 Å². The zero-order chi connectivity index (χ0) is 19.9. The van der Waals surface area contributed by atoms with Gasteiger partial charge in [0.2, 0.25) is 5.91 Å². The highest BCUT2D eigenvalue weighted by Crippen LogP contribution is 2.11. The van der Waals surface area contributed by atoms with E-state index in [9.17, 15) is 4.79 Å². The number of rotatable bonds is 7. The van der Waals surface area contributed by atoms with Crippen molar-refractivity contribution in [2.75, 3.05) is 32.7 Å². The van der Waals surface area contributed by atoms with E-state index in [-0.39, 0.29) is 5.91 Å². The summed E-state index contributed by atoms with van der Waals surface area (Å²) in [6.45, 7) is 5.17. The third-order valence-electron chi connectivity index (χ3n) is 5.06. The van der Waals surface area contributed by atoms with E-state index < -0.39 is 0 Å². The minimum atomic E-state index is 0.0651. The number of carbonyl (C=O) groups is 1. The first-order valence-corrected chi connectivity index (χ1v) is 9.86. The van der Waals surface area contributed by atoms with Gasteiger partial charge >= 0.3 is 0 Å². The van der Waals surface area contributed by atoms with Crippen molar-refractivity contribution in [1.82, 2.24) is 35.3 Å². The van der Waals surface area contributed by atoms with Crippen molar-refractivity contribution in [1.29, 1.82) is 0 Å². The number of tetrazole rings is 1. The van der Waals surface area contributed by atoms with E-state index in [2.05, 4.69) is 30.6 Å². The van der Waals surface area contributed by atoms with Crippen LogP contribution in [0.4, 0.5) is 0 Å². The van der Waals surface area contributed by atoms with Gasteiger partial charge in [-0.3, -0.25) is 14.6 Å². The summed E-state index contributed by atoms with van der Waals surface area (Å²) >= 11 is 0. The smallest absolute Gasteiger partial charge is 0.234 e.